The van der Waals surface area contributed by atoms with Crippen LogP contribution >= 0.6 is 0 Å². The Hall–Kier alpha value is -2.50. The number of aromatic nitrogens is 3. The van der Waals surface area contributed by atoms with Gasteiger partial charge in [0.1, 0.15) is 11.3 Å². The lowest BCUT2D eigenvalue weighted by molar-refractivity contribution is 0.399. The summed E-state index contributed by atoms with van der Waals surface area (Å²) in [5, 5.41) is 0. The number of hydrogen-bond donors (Lipinski definition) is 1. The molecule has 4 nitrogen and oxygen atoms in total. The van der Waals surface area contributed by atoms with Crippen molar-refractivity contribution in [3.63, 3.8) is 0 Å². The van der Waals surface area contributed by atoms with E-state index in [-0.39, 0.29) is 5.52 Å². The summed E-state index contributed by atoms with van der Waals surface area (Å²) in [6.07, 6.45) is 1.57. The van der Waals surface area contributed by atoms with Gasteiger partial charge >= 0.3 is 0 Å². The van der Waals surface area contributed by atoms with Gasteiger partial charge in [0, 0.05) is 6.20 Å². The third-order valence-electron chi connectivity index (χ3n) is 2.77. The minimum atomic E-state index is -0.970. The van der Waals surface area contributed by atoms with Gasteiger partial charge in [0.25, 0.3) is 0 Å². The molecule has 1 aromatic carbocycles. The van der Waals surface area contributed by atoms with Gasteiger partial charge in [-0.2, -0.15) is 0 Å². The monoisotopic (exact) mass is 261 g/mol. The molecule has 0 fully saturated rings. The molecule has 1 N–H and O–H groups in total. The maximum absolute atomic E-state index is 13.6. The lowest BCUT2D eigenvalue weighted by atomic mass is 10.2. The molecule has 0 aliphatic carbocycles. The van der Waals surface area contributed by atoms with Crippen LogP contribution in [0.1, 0.15) is 0 Å². The Morgan fingerprint density at radius 2 is 2.05 bits per heavy atom. The van der Waals surface area contributed by atoms with Crippen molar-refractivity contribution in [1.82, 2.24) is 15.0 Å². The van der Waals surface area contributed by atoms with Crippen molar-refractivity contribution in [2.75, 3.05) is 7.11 Å². The fourth-order valence-electron chi connectivity index (χ4n) is 1.88. The summed E-state index contributed by atoms with van der Waals surface area (Å²) in [6.45, 7) is 0. The Morgan fingerprint density at radius 3 is 2.84 bits per heavy atom. The Morgan fingerprint density at radius 1 is 1.21 bits per heavy atom. The number of fused-ring (bicyclic) bond motifs is 1. The van der Waals surface area contributed by atoms with Gasteiger partial charge in [-0.25, -0.2) is 18.7 Å². The quantitative estimate of drug-likeness (QED) is 0.771. The van der Waals surface area contributed by atoms with Crippen molar-refractivity contribution in [3.05, 3.63) is 42.1 Å². The van der Waals surface area contributed by atoms with Crippen LogP contribution in [-0.2, 0) is 0 Å². The minimum absolute atomic E-state index is 0.0408. The highest BCUT2D eigenvalue weighted by molar-refractivity contribution is 5.80. The molecule has 0 amide bonds. The molecule has 3 aromatic rings. The zero-order valence-electron chi connectivity index (χ0n) is 9.95. The molecule has 2 heterocycles. The van der Waals surface area contributed by atoms with Gasteiger partial charge in [0.15, 0.2) is 11.6 Å². The van der Waals surface area contributed by atoms with Crippen molar-refractivity contribution in [2.45, 2.75) is 0 Å². The van der Waals surface area contributed by atoms with E-state index >= 15 is 0 Å². The third-order valence-corrected chi connectivity index (χ3v) is 2.77. The molecule has 0 radical (unpaired) electrons. The first kappa shape index (κ1) is 11.6. The molecule has 0 bridgehead atoms. The van der Waals surface area contributed by atoms with E-state index in [0.29, 0.717) is 22.8 Å². The van der Waals surface area contributed by atoms with Crippen molar-refractivity contribution >= 4 is 11.0 Å². The first-order valence-corrected chi connectivity index (χ1v) is 5.54. The lowest BCUT2D eigenvalue weighted by Gasteiger charge is -2.02. The predicted molar refractivity (Wildman–Crippen MR) is 65.8 cm³/mol. The predicted octanol–water partition coefficient (Wildman–Crippen LogP) is 2.91. The van der Waals surface area contributed by atoms with Crippen LogP contribution in [-0.4, -0.2) is 22.1 Å². The number of halogens is 2. The molecule has 6 heteroatoms. The number of pyridine rings is 1. The summed E-state index contributed by atoms with van der Waals surface area (Å²) >= 11 is 0. The zero-order chi connectivity index (χ0) is 13.4. The van der Waals surface area contributed by atoms with E-state index in [1.54, 1.807) is 18.3 Å². The number of rotatable bonds is 2. The van der Waals surface area contributed by atoms with Crippen LogP contribution in [0.25, 0.3) is 22.4 Å². The van der Waals surface area contributed by atoms with Crippen LogP contribution in [0.4, 0.5) is 8.78 Å². The number of nitrogens with zero attached hydrogens (tertiary/aromatic N) is 2. The smallest absolute Gasteiger partial charge is 0.224 e. The highest BCUT2D eigenvalue weighted by atomic mass is 19.2. The zero-order valence-corrected chi connectivity index (χ0v) is 9.95. The van der Waals surface area contributed by atoms with E-state index in [2.05, 4.69) is 15.0 Å². The van der Waals surface area contributed by atoms with E-state index in [9.17, 15) is 8.78 Å². The molecule has 2 aromatic heterocycles. The average Bonchev–Trinajstić information content (AvgIpc) is 2.87. The van der Waals surface area contributed by atoms with Gasteiger partial charge in [-0.15, -0.1) is 0 Å². The number of H-pyrrole nitrogens is 1. The molecule has 0 aliphatic heterocycles. The molecule has 0 saturated heterocycles. The molecule has 19 heavy (non-hydrogen) atoms. The molecule has 96 valence electrons. The lowest BCUT2D eigenvalue weighted by Crippen LogP contribution is -1.91. The number of hydrogen-bond acceptors (Lipinski definition) is 3. The molecule has 0 aliphatic rings. The van der Waals surface area contributed by atoms with Crippen molar-refractivity contribution in [2.24, 2.45) is 0 Å². The standard InChI is InChI=1S/C13H9F2N3O/c1-19-13-7(3-2-6-16-13)12-17-9-5-4-8(14)10(15)11(9)18-12/h2-6H,1H3,(H,17,18). The Labute approximate surface area is 107 Å². The summed E-state index contributed by atoms with van der Waals surface area (Å²) < 4.78 is 31.9. The van der Waals surface area contributed by atoms with E-state index < -0.39 is 11.6 Å². The first-order chi connectivity index (χ1) is 9.20. The SMILES string of the molecule is COc1ncccc1-c1nc2c(F)c(F)ccc2[nH]1. The summed E-state index contributed by atoms with van der Waals surface area (Å²) in [4.78, 5) is 11.0. The van der Waals surface area contributed by atoms with Gasteiger partial charge in [0.05, 0.1) is 18.2 Å². The fraction of sp³-hybridized carbons (Fsp3) is 0.0769. The molecular weight excluding hydrogens is 252 g/mol. The van der Waals surface area contributed by atoms with Crippen LogP contribution < -0.4 is 4.74 Å². The van der Waals surface area contributed by atoms with Crippen molar-refractivity contribution in [3.8, 4) is 17.3 Å². The molecule has 0 atom stereocenters. The average molecular weight is 261 g/mol. The number of benzene rings is 1. The summed E-state index contributed by atoms with van der Waals surface area (Å²) in [5.41, 5.74) is 0.960. The van der Waals surface area contributed by atoms with Crippen LogP contribution in [0.5, 0.6) is 5.88 Å². The summed E-state index contributed by atoms with van der Waals surface area (Å²) in [7, 11) is 1.48. The largest absolute Gasteiger partial charge is 0.480 e. The topological polar surface area (TPSA) is 50.8 Å². The molecule has 0 spiro atoms. The van der Waals surface area contributed by atoms with Gasteiger partial charge in [0.2, 0.25) is 5.88 Å². The maximum atomic E-state index is 13.6. The van der Waals surface area contributed by atoms with Crippen molar-refractivity contribution < 1.29 is 13.5 Å². The number of imidazole rings is 1. The fourth-order valence-corrected chi connectivity index (χ4v) is 1.88. The Bertz CT molecular complexity index is 755. The Kier molecular flexibility index (Phi) is 2.63. The number of methoxy groups -OCH3 is 1. The van der Waals surface area contributed by atoms with E-state index in [0.717, 1.165) is 6.07 Å². The molecule has 3 rings (SSSR count). The molecular formula is C13H9F2N3O. The van der Waals surface area contributed by atoms with Crippen LogP contribution in [0.3, 0.4) is 0 Å². The first-order valence-electron chi connectivity index (χ1n) is 5.54. The van der Waals surface area contributed by atoms with Crippen LogP contribution in [0, 0.1) is 11.6 Å². The van der Waals surface area contributed by atoms with Gasteiger partial charge in [-0.1, -0.05) is 0 Å². The van der Waals surface area contributed by atoms with E-state index in [4.69, 9.17) is 4.74 Å². The highest BCUT2D eigenvalue weighted by Gasteiger charge is 2.15. The molecule has 0 unspecified atom stereocenters. The second-order valence-corrected chi connectivity index (χ2v) is 3.90. The van der Waals surface area contributed by atoms with Gasteiger partial charge in [-0.3, -0.25) is 0 Å². The maximum Gasteiger partial charge on any atom is 0.224 e. The second kappa shape index (κ2) is 4.31. The normalized spacial score (nSPS) is 10.9. The minimum Gasteiger partial charge on any atom is -0.480 e. The second-order valence-electron chi connectivity index (χ2n) is 3.90. The number of nitrogens with one attached hydrogen (secondary N) is 1. The van der Waals surface area contributed by atoms with Crippen LogP contribution in [0.15, 0.2) is 30.5 Å². The molecule has 0 saturated carbocycles. The Balaban J connectivity index is 2.24. The van der Waals surface area contributed by atoms with Crippen molar-refractivity contribution in [1.29, 1.82) is 0 Å². The summed E-state index contributed by atoms with van der Waals surface area (Å²) in [5.74, 6) is -1.15. The highest BCUT2D eigenvalue weighted by Crippen LogP contribution is 2.28. The third kappa shape index (κ3) is 1.81. The number of ether oxygens (including phenoxy) is 1. The van der Waals surface area contributed by atoms with E-state index in [1.165, 1.54) is 13.2 Å². The summed E-state index contributed by atoms with van der Waals surface area (Å²) in [6, 6.07) is 5.94. The van der Waals surface area contributed by atoms with Gasteiger partial charge < -0.3 is 9.72 Å². The van der Waals surface area contributed by atoms with Gasteiger partial charge in [-0.05, 0) is 24.3 Å². The van der Waals surface area contributed by atoms with Crippen LogP contribution in [0.2, 0.25) is 0 Å². The number of aromatic amines is 1. The van der Waals surface area contributed by atoms with E-state index in [1.807, 2.05) is 0 Å².